The van der Waals surface area contributed by atoms with Crippen LogP contribution in [0.15, 0.2) is 18.2 Å². The Labute approximate surface area is 168 Å². The Morgan fingerprint density at radius 3 is 2.46 bits per heavy atom. The van der Waals surface area contributed by atoms with Gasteiger partial charge in [-0.05, 0) is 75.7 Å². The first-order valence-corrected chi connectivity index (χ1v) is 10.8. The minimum Gasteiger partial charge on any atom is -0.481 e. The zero-order valence-corrected chi connectivity index (χ0v) is 17.5. The van der Waals surface area contributed by atoms with Crippen LogP contribution in [-0.2, 0) is 22.4 Å². The van der Waals surface area contributed by atoms with E-state index in [0.29, 0.717) is 0 Å². The topological polar surface area (TPSA) is 60.9 Å². The van der Waals surface area contributed by atoms with Crippen molar-refractivity contribution < 1.29 is 14.7 Å². The molecule has 2 heterocycles. The second kappa shape index (κ2) is 9.08. The molecule has 1 aromatic carbocycles. The van der Waals surface area contributed by atoms with Crippen LogP contribution in [0.2, 0.25) is 0 Å². The van der Waals surface area contributed by atoms with Crippen LogP contribution in [0.25, 0.3) is 0 Å². The van der Waals surface area contributed by atoms with Crippen molar-refractivity contribution in [2.24, 2.45) is 11.8 Å². The molecule has 1 fully saturated rings. The van der Waals surface area contributed by atoms with Crippen LogP contribution in [0, 0.1) is 11.8 Å². The lowest BCUT2D eigenvalue weighted by Gasteiger charge is -2.30. The summed E-state index contributed by atoms with van der Waals surface area (Å²) in [5.41, 5.74) is 3.69. The number of fused-ring (bicyclic) bond motifs is 1. The highest BCUT2D eigenvalue weighted by molar-refractivity contribution is 5.97. The van der Waals surface area contributed by atoms with E-state index >= 15 is 0 Å². The molecule has 0 radical (unpaired) electrons. The van der Waals surface area contributed by atoms with Crippen molar-refractivity contribution in [1.29, 1.82) is 0 Å². The molecular weight excluding hydrogens is 352 g/mol. The van der Waals surface area contributed by atoms with Crippen LogP contribution in [0.4, 0.5) is 5.69 Å². The molecule has 0 bridgehead atoms. The Bertz CT molecular complexity index is 706. The van der Waals surface area contributed by atoms with Gasteiger partial charge in [-0.2, -0.15) is 0 Å². The maximum Gasteiger partial charge on any atom is 0.306 e. The maximum atomic E-state index is 12.9. The number of hydrogen-bond donors (Lipinski definition) is 1. The van der Waals surface area contributed by atoms with E-state index in [1.165, 1.54) is 11.1 Å². The second-order valence-electron chi connectivity index (χ2n) is 8.44. The third-order valence-electron chi connectivity index (χ3n) is 6.59. The number of benzene rings is 1. The molecule has 0 aromatic heterocycles. The molecule has 0 saturated carbocycles. The number of piperidine rings is 1. The van der Waals surface area contributed by atoms with Gasteiger partial charge in [0.2, 0.25) is 5.91 Å². The summed E-state index contributed by atoms with van der Waals surface area (Å²) in [4.78, 5) is 28.4. The Balaban J connectivity index is 1.61. The first kappa shape index (κ1) is 20.8. The summed E-state index contributed by atoms with van der Waals surface area (Å²) in [5.74, 6) is -0.441. The molecule has 1 unspecified atom stereocenters. The van der Waals surface area contributed by atoms with Gasteiger partial charge in [0.15, 0.2) is 0 Å². The number of amides is 1. The maximum absolute atomic E-state index is 12.9. The Morgan fingerprint density at radius 1 is 1.18 bits per heavy atom. The number of likely N-dealkylation sites (tertiary alicyclic amines) is 1. The zero-order chi connectivity index (χ0) is 20.3. The molecule has 1 amide bonds. The predicted octanol–water partition coefficient (Wildman–Crippen LogP) is 3.74. The largest absolute Gasteiger partial charge is 0.481 e. The highest BCUT2D eigenvalue weighted by Gasteiger charge is 2.33. The van der Waals surface area contributed by atoms with E-state index in [-0.39, 0.29) is 23.8 Å². The van der Waals surface area contributed by atoms with Crippen LogP contribution in [-0.4, -0.2) is 47.6 Å². The van der Waals surface area contributed by atoms with Crippen molar-refractivity contribution in [3.63, 3.8) is 0 Å². The van der Waals surface area contributed by atoms with Gasteiger partial charge in [0.1, 0.15) is 0 Å². The van der Waals surface area contributed by atoms with Gasteiger partial charge < -0.3 is 14.9 Å². The van der Waals surface area contributed by atoms with Crippen LogP contribution in [0.3, 0.4) is 0 Å². The second-order valence-corrected chi connectivity index (χ2v) is 8.44. The molecule has 1 N–H and O–H groups in total. The minimum absolute atomic E-state index is 0.113. The molecule has 3 rings (SSSR count). The van der Waals surface area contributed by atoms with Gasteiger partial charge in [0, 0.05) is 24.2 Å². The normalized spacial score (nSPS) is 20.6. The van der Waals surface area contributed by atoms with Crippen molar-refractivity contribution in [3.05, 3.63) is 29.3 Å². The number of carboxylic acid groups (broad SMARTS) is 1. The first-order chi connectivity index (χ1) is 13.4. The monoisotopic (exact) mass is 386 g/mol. The van der Waals surface area contributed by atoms with Gasteiger partial charge in [-0.15, -0.1) is 0 Å². The molecule has 2 aliphatic rings. The number of carbonyl (C=O) groups is 2. The highest BCUT2D eigenvalue weighted by Crippen LogP contribution is 2.35. The zero-order valence-electron chi connectivity index (χ0n) is 17.5. The lowest BCUT2D eigenvalue weighted by atomic mass is 9.96. The number of anilines is 1. The van der Waals surface area contributed by atoms with E-state index in [4.69, 9.17) is 5.11 Å². The van der Waals surface area contributed by atoms with Crippen molar-refractivity contribution >= 4 is 17.6 Å². The van der Waals surface area contributed by atoms with Crippen molar-refractivity contribution in [2.75, 3.05) is 24.5 Å². The first-order valence-electron chi connectivity index (χ1n) is 10.8. The third-order valence-corrected chi connectivity index (χ3v) is 6.59. The van der Waals surface area contributed by atoms with E-state index in [9.17, 15) is 9.59 Å². The van der Waals surface area contributed by atoms with Gasteiger partial charge in [-0.25, -0.2) is 0 Å². The summed E-state index contributed by atoms with van der Waals surface area (Å²) < 4.78 is 0. The molecule has 154 valence electrons. The number of carbonyl (C=O) groups excluding carboxylic acids is 1. The fourth-order valence-electron chi connectivity index (χ4n) is 4.70. The summed E-state index contributed by atoms with van der Waals surface area (Å²) in [6.07, 6.45) is 5.20. The molecule has 1 saturated heterocycles. The van der Waals surface area contributed by atoms with Gasteiger partial charge in [-0.1, -0.05) is 26.0 Å². The SMILES string of the molecule is CCC(CC)C(=O)N1c2ccc(CCN3CCC(C(=O)O)CC3)cc2CC1C. The molecular formula is C23H34N2O3. The number of rotatable bonds is 7. The molecule has 0 aliphatic carbocycles. The minimum atomic E-state index is -0.653. The third kappa shape index (κ3) is 4.40. The molecule has 1 atom stereocenters. The van der Waals surface area contributed by atoms with Crippen molar-refractivity contribution in [2.45, 2.75) is 65.3 Å². The van der Waals surface area contributed by atoms with E-state index in [0.717, 1.165) is 63.8 Å². The van der Waals surface area contributed by atoms with E-state index < -0.39 is 5.97 Å². The van der Waals surface area contributed by atoms with Crippen LogP contribution in [0.1, 0.15) is 57.6 Å². The summed E-state index contributed by atoms with van der Waals surface area (Å²) in [6.45, 7) is 9.04. The van der Waals surface area contributed by atoms with Gasteiger partial charge in [0.25, 0.3) is 0 Å². The lowest BCUT2D eigenvalue weighted by Crippen LogP contribution is -2.39. The van der Waals surface area contributed by atoms with Crippen LogP contribution >= 0.6 is 0 Å². The quantitative estimate of drug-likeness (QED) is 0.775. The van der Waals surface area contributed by atoms with E-state index in [1.807, 2.05) is 4.90 Å². The molecule has 1 aromatic rings. The predicted molar refractivity (Wildman–Crippen MR) is 112 cm³/mol. The smallest absolute Gasteiger partial charge is 0.306 e. The summed E-state index contributed by atoms with van der Waals surface area (Å²) in [6, 6.07) is 6.79. The number of hydrogen-bond acceptors (Lipinski definition) is 3. The van der Waals surface area contributed by atoms with Gasteiger partial charge in [0.05, 0.1) is 5.92 Å². The molecule has 0 spiro atoms. The molecule has 5 heteroatoms. The number of nitrogens with zero attached hydrogens (tertiary/aromatic N) is 2. The summed E-state index contributed by atoms with van der Waals surface area (Å²) in [7, 11) is 0. The number of carboxylic acids is 1. The van der Waals surface area contributed by atoms with Gasteiger partial charge in [-0.3, -0.25) is 9.59 Å². The fraction of sp³-hybridized carbons (Fsp3) is 0.652. The number of aliphatic carboxylic acids is 1. The van der Waals surface area contributed by atoms with Crippen molar-refractivity contribution in [3.8, 4) is 0 Å². The molecule has 5 nitrogen and oxygen atoms in total. The van der Waals surface area contributed by atoms with Crippen LogP contribution < -0.4 is 4.90 Å². The van der Waals surface area contributed by atoms with Crippen LogP contribution in [0.5, 0.6) is 0 Å². The molecule has 28 heavy (non-hydrogen) atoms. The standard InChI is InChI=1S/C23H34N2O3/c1-4-18(5-2)22(26)25-16(3)14-20-15-17(6-7-21(20)25)8-11-24-12-9-19(10-13-24)23(27)28/h6-7,15-16,18-19H,4-5,8-14H2,1-3H3,(H,27,28). The summed E-state index contributed by atoms with van der Waals surface area (Å²) >= 11 is 0. The van der Waals surface area contributed by atoms with E-state index in [1.54, 1.807) is 0 Å². The Morgan fingerprint density at radius 2 is 1.86 bits per heavy atom. The lowest BCUT2D eigenvalue weighted by molar-refractivity contribution is -0.143. The highest BCUT2D eigenvalue weighted by atomic mass is 16.4. The molecule has 2 aliphatic heterocycles. The fourth-order valence-corrected chi connectivity index (χ4v) is 4.70. The Kier molecular flexibility index (Phi) is 6.76. The average Bonchev–Trinajstić information content (AvgIpc) is 3.02. The Hall–Kier alpha value is -1.88. The average molecular weight is 387 g/mol. The van der Waals surface area contributed by atoms with Crippen molar-refractivity contribution in [1.82, 2.24) is 4.90 Å². The van der Waals surface area contributed by atoms with E-state index in [2.05, 4.69) is 43.9 Å². The summed E-state index contributed by atoms with van der Waals surface area (Å²) in [5, 5.41) is 9.12. The van der Waals surface area contributed by atoms with Gasteiger partial charge >= 0.3 is 5.97 Å².